The second-order valence-electron chi connectivity index (χ2n) is 7.95. The Kier molecular flexibility index (Phi) is 8.35. The highest BCUT2D eigenvalue weighted by atomic mass is 19.1. The Morgan fingerprint density at radius 3 is 2.20 bits per heavy atom. The second kappa shape index (κ2) is 10.7. The monoisotopic (exact) mass is 417 g/mol. The summed E-state index contributed by atoms with van der Waals surface area (Å²) in [5, 5.41) is 12.2. The van der Waals surface area contributed by atoms with Crippen molar-refractivity contribution in [1.29, 1.82) is 0 Å². The van der Waals surface area contributed by atoms with Crippen molar-refractivity contribution in [3.63, 3.8) is 0 Å². The summed E-state index contributed by atoms with van der Waals surface area (Å²) in [4.78, 5) is 24.1. The van der Waals surface area contributed by atoms with Crippen molar-refractivity contribution in [2.24, 2.45) is 5.92 Å². The molecule has 2 aromatic rings. The third kappa shape index (κ3) is 8.21. The molecule has 1 atom stereocenters. The molecule has 0 aliphatic heterocycles. The Morgan fingerprint density at radius 1 is 1.03 bits per heavy atom. The number of esters is 1. The number of rotatable bonds is 9. The summed E-state index contributed by atoms with van der Waals surface area (Å²) >= 11 is 0. The van der Waals surface area contributed by atoms with Gasteiger partial charge in [-0.15, -0.1) is 0 Å². The highest BCUT2D eigenvalue weighted by Crippen LogP contribution is 2.15. The first-order valence-electron chi connectivity index (χ1n) is 9.73. The number of carbonyl (C=O) groups excluding carboxylic acids is 2. The first kappa shape index (κ1) is 23.3. The van der Waals surface area contributed by atoms with Gasteiger partial charge in [0.15, 0.2) is 0 Å². The summed E-state index contributed by atoms with van der Waals surface area (Å²) in [5.74, 6) is -1.45. The summed E-state index contributed by atoms with van der Waals surface area (Å²) < 4.78 is 23.8. The maximum absolute atomic E-state index is 12.9. The molecule has 0 heterocycles. The largest absolute Gasteiger partial charge is 0.489 e. The highest BCUT2D eigenvalue weighted by Gasteiger charge is 2.24. The van der Waals surface area contributed by atoms with Crippen molar-refractivity contribution in [2.75, 3.05) is 6.61 Å². The third-order valence-electron chi connectivity index (χ3n) is 4.13. The molecule has 0 saturated carbocycles. The molecule has 6 nitrogen and oxygen atoms in total. The van der Waals surface area contributed by atoms with Gasteiger partial charge in [-0.2, -0.15) is 0 Å². The molecular weight excluding hydrogens is 389 g/mol. The molecule has 0 radical (unpaired) electrons. The van der Waals surface area contributed by atoms with E-state index in [0.717, 1.165) is 11.1 Å². The number of aliphatic hydroxyl groups excluding tert-OH is 1. The number of amides is 1. The lowest BCUT2D eigenvalue weighted by Crippen LogP contribution is -2.35. The van der Waals surface area contributed by atoms with E-state index in [9.17, 15) is 19.1 Å². The Labute approximate surface area is 176 Å². The van der Waals surface area contributed by atoms with E-state index in [1.54, 1.807) is 45.0 Å². The van der Waals surface area contributed by atoms with Crippen molar-refractivity contribution in [3.8, 4) is 5.75 Å². The van der Waals surface area contributed by atoms with Crippen molar-refractivity contribution in [2.45, 2.75) is 45.9 Å². The zero-order valence-corrected chi connectivity index (χ0v) is 17.5. The lowest BCUT2D eigenvalue weighted by molar-refractivity contribution is -0.157. The van der Waals surface area contributed by atoms with Crippen LogP contribution in [-0.2, 0) is 27.5 Å². The summed E-state index contributed by atoms with van der Waals surface area (Å²) in [7, 11) is 0. The standard InChI is InChI=1S/C23H28FNO5/c1-23(2,3)30-21(27)12-18(14-26)22(28)25-13-16-6-10-20(11-7-16)29-15-17-4-8-19(24)9-5-17/h4-11,18,26H,12-15H2,1-3H3,(H,25,28)/t18-/m1/s1. The lowest BCUT2D eigenvalue weighted by atomic mass is 10.1. The van der Waals surface area contributed by atoms with Gasteiger partial charge in [-0.25, -0.2) is 4.39 Å². The van der Waals surface area contributed by atoms with Gasteiger partial charge in [0.1, 0.15) is 23.8 Å². The van der Waals surface area contributed by atoms with E-state index in [0.29, 0.717) is 12.4 Å². The van der Waals surface area contributed by atoms with Gasteiger partial charge in [0.05, 0.1) is 18.9 Å². The van der Waals surface area contributed by atoms with E-state index in [1.165, 1.54) is 12.1 Å². The summed E-state index contributed by atoms with van der Waals surface area (Å²) in [6, 6.07) is 13.2. The average molecular weight is 417 g/mol. The van der Waals surface area contributed by atoms with Gasteiger partial charge in [-0.3, -0.25) is 9.59 Å². The minimum Gasteiger partial charge on any atom is -0.489 e. The number of hydrogen-bond acceptors (Lipinski definition) is 5. The Bertz CT molecular complexity index is 828. The molecule has 0 aliphatic rings. The van der Waals surface area contributed by atoms with Gasteiger partial charge in [-0.05, 0) is 56.2 Å². The predicted molar refractivity (Wildman–Crippen MR) is 110 cm³/mol. The number of ether oxygens (including phenoxy) is 2. The minimum absolute atomic E-state index is 0.185. The average Bonchev–Trinajstić information content (AvgIpc) is 2.69. The Balaban J connectivity index is 1.80. The van der Waals surface area contributed by atoms with Crippen molar-refractivity contribution in [1.82, 2.24) is 5.32 Å². The van der Waals surface area contributed by atoms with Crippen molar-refractivity contribution >= 4 is 11.9 Å². The predicted octanol–water partition coefficient (Wildman–Crippen LogP) is 3.36. The molecule has 0 aromatic heterocycles. The van der Waals surface area contributed by atoms with Gasteiger partial charge in [0.2, 0.25) is 5.91 Å². The van der Waals surface area contributed by atoms with E-state index < -0.39 is 30.0 Å². The van der Waals surface area contributed by atoms with Gasteiger partial charge in [0.25, 0.3) is 0 Å². The van der Waals surface area contributed by atoms with E-state index >= 15 is 0 Å². The number of benzene rings is 2. The fraction of sp³-hybridized carbons (Fsp3) is 0.391. The van der Waals surface area contributed by atoms with Gasteiger partial charge < -0.3 is 19.9 Å². The number of carbonyl (C=O) groups is 2. The molecule has 0 aliphatic carbocycles. The number of nitrogens with one attached hydrogen (secondary N) is 1. The van der Waals surface area contributed by atoms with E-state index in [1.807, 2.05) is 12.1 Å². The van der Waals surface area contributed by atoms with E-state index in [4.69, 9.17) is 9.47 Å². The minimum atomic E-state index is -0.863. The van der Waals surface area contributed by atoms with Crippen LogP contribution in [-0.4, -0.2) is 29.2 Å². The third-order valence-corrected chi connectivity index (χ3v) is 4.13. The van der Waals surface area contributed by atoms with Crippen molar-refractivity contribution in [3.05, 3.63) is 65.5 Å². The second-order valence-corrected chi connectivity index (χ2v) is 7.95. The summed E-state index contributed by atoms with van der Waals surface area (Å²) in [5.41, 5.74) is 1.05. The first-order chi connectivity index (χ1) is 14.2. The Hall–Kier alpha value is -2.93. The smallest absolute Gasteiger partial charge is 0.307 e. The molecule has 2 rings (SSSR count). The molecule has 162 valence electrons. The van der Waals surface area contributed by atoms with Crippen molar-refractivity contribution < 1.29 is 28.6 Å². The zero-order chi connectivity index (χ0) is 22.1. The van der Waals surface area contributed by atoms with Gasteiger partial charge in [0, 0.05) is 6.54 Å². The van der Waals surface area contributed by atoms with Gasteiger partial charge in [-0.1, -0.05) is 24.3 Å². The molecule has 2 aromatic carbocycles. The van der Waals surface area contributed by atoms with Crippen LogP contribution in [0.1, 0.15) is 38.3 Å². The van der Waals surface area contributed by atoms with Crippen LogP contribution in [0.2, 0.25) is 0 Å². The van der Waals surface area contributed by atoms with Crippen LogP contribution in [0.3, 0.4) is 0 Å². The lowest BCUT2D eigenvalue weighted by Gasteiger charge is -2.21. The number of hydrogen-bond donors (Lipinski definition) is 2. The first-order valence-corrected chi connectivity index (χ1v) is 9.73. The van der Waals surface area contributed by atoms with Crippen LogP contribution in [0.4, 0.5) is 4.39 Å². The van der Waals surface area contributed by atoms with Crippen LogP contribution >= 0.6 is 0 Å². The van der Waals surface area contributed by atoms with E-state index in [2.05, 4.69) is 5.32 Å². The van der Waals surface area contributed by atoms with Crippen LogP contribution < -0.4 is 10.1 Å². The van der Waals surface area contributed by atoms with E-state index in [-0.39, 0.29) is 18.8 Å². The molecule has 2 N–H and O–H groups in total. The molecule has 0 unspecified atom stereocenters. The molecule has 0 bridgehead atoms. The molecule has 0 saturated heterocycles. The van der Waals surface area contributed by atoms with Crippen LogP contribution in [0.15, 0.2) is 48.5 Å². The van der Waals surface area contributed by atoms with Crippen LogP contribution in [0, 0.1) is 11.7 Å². The number of aliphatic hydroxyl groups is 1. The number of halogens is 1. The molecule has 30 heavy (non-hydrogen) atoms. The topological polar surface area (TPSA) is 84.9 Å². The SMILES string of the molecule is CC(C)(C)OC(=O)C[C@H](CO)C(=O)NCc1ccc(OCc2ccc(F)cc2)cc1. The molecule has 7 heteroatoms. The fourth-order valence-corrected chi connectivity index (χ4v) is 2.61. The molecular formula is C23H28FNO5. The fourth-order valence-electron chi connectivity index (χ4n) is 2.61. The molecule has 0 spiro atoms. The maximum Gasteiger partial charge on any atom is 0.307 e. The molecule has 0 fully saturated rings. The maximum atomic E-state index is 12.9. The Morgan fingerprint density at radius 2 is 1.63 bits per heavy atom. The molecule has 1 amide bonds. The zero-order valence-electron chi connectivity index (χ0n) is 17.5. The normalized spacial score (nSPS) is 12.2. The van der Waals surface area contributed by atoms with Gasteiger partial charge >= 0.3 is 5.97 Å². The summed E-state index contributed by atoms with van der Waals surface area (Å²) in [6.45, 7) is 5.35. The van der Waals surface area contributed by atoms with Crippen LogP contribution in [0.5, 0.6) is 5.75 Å². The highest BCUT2D eigenvalue weighted by molar-refractivity contribution is 5.83. The van der Waals surface area contributed by atoms with Crippen LogP contribution in [0.25, 0.3) is 0 Å². The quantitative estimate of drug-likeness (QED) is 0.611. The summed E-state index contributed by atoms with van der Waals surface area (Å²) in [6.07, 6.45) is -0.185.